The fourth-order valence-electron chi connectivity index (χ4n) is 3.73. The average Bonchev–Trinajstić information content (AvgIpc) is 3.03. The Morgan fingerprint density at radius 3 is 2.63 bits per heavy atom. The number of fused-ring (bicyclic) bond motifs is 1. The molecule has 3 N–H and O–H groups in total. The molecule has 1 aromatic carbocycles. The molecule has 3 atom stereocenters. The molecule has 1 amide bonds. The van der Waals surface area contributed by atoms with Crippen molar-refractivity contribution in [3.63, 3.8) is 0 Å². The van der Waals surface area contributed by atoms with Gasteiger partial charge in [-0.05, 0) is 55.8 Å². The summed E-state index contributed by atoms with van der Waals surface area (Å²) >= 11 is 0. The maximum absolute atomic E-state index is 12.6. The van der Waals surface area contributed by atoms with Crippen molar-refractivity contribution in [2.24, 2.45) is 17.8 Å². The molecular weight excluding hydrogens is 383 g/mol. The summed E-state index contributed by atoms with van der Waals surface area (Å²) < 4.78 is 0. The Morgan fingerprint density at radius 1 is 1.26 bits per heavy atom. The number of carbonyl (C=O) groups excluding carboxylic acids is 1. The standard InChI is InChI=1S/C20H30N4O.2ClH/c1-13(2)19(20-22-16-8-4-5-9-17(16)23-20)24-18(25)11-14(3)15-7-6-10-21-12-15;;/h4-5,8-9,13-15,19,21H,6-7,10-12H2,1-3H3,(H,22,23)(H,24,25);2*1H. The molecule has 27 heavy (non-hydrogen) atoms. The quantitative estimate of drug-likeness (QED) is 0.661. The van der Waals surface area contributed by atoms with E-state index in [1.165, 1.54) is 12.8 Å². The summed E-state index contributed by atoms with van der Waals surface area (Å²) in [6.07, 6.45) is 3.01. The van der Waals surface area contributed by atoms with E-state index in [4.69, 9.17) is 0 Å². The van der Waals surface area contributed by atoms with Crippen LogP contribution in [0.4, 0.5) is 0 Å². The zero-order valence-corrected chi connectivity index (χ0v) is 18.0. The summed E-state index contributed by atoms with van der Waals surface area (Å²) in [4.78, 5) is 20.7. The number of hydrogen-bond donors (Lipinski definition) is 3. The molecule has 5 nitrogen and oxygen atoms in total. The number of amides is 1. The summed E-state index contributed by atoms with van der Waals surface area (Å²) in [6, 6.07) is 7.90. The highest BCUT2D eigenvalue weighted by Gasteiger charge is 2.25. The van der Waals surface area contributed by atoms with Crippen LogP contribution in [0.3, 0.4) is 0 Å². The van der Waals surface area contributed by atoms with E-state index in [2.05, 4.69) is 41.4 Å². The van der Waals surface area contributed by atoms with Gasteiger partial charge in [-0.2, -0.15) is 0 Å². The van der Waals surface area contributed by atoms with Crippen molar-refractivity contribution in [2.75, 3.05) is 13.1 Å². The van der Waals surface area contributed by atoms with E-state index < -0.39 is 0 Å². The molecule has 3 rings (SSSR count). The van der Waals surface area contributed by atoms with Gasteiger partial charge in [-0.15, -0.1) is 24.8 Å². The molecule has 2 heterocycles. The molecule has 1 fully saturated rings. The van der Waals surface area contributed by atoms with Gasteiger partial charge in [-0.25, -0.2) is 4.98 Å². The van der Waals surface area contributed by atoms with Crippen LogP contribution >= 0.6 is 24.8 Å². The second-order valence-corrected chi connectivity index (χ2v) is 7.72. The highest BCUT2D eigenvalue weighted by molar-refractivity contribution is 5.85. The number of benzene rings is 1. The number of halogens is 2. The first-order valence-corrected chi connectivity index (χ1v) is 9.49. The Bertz CT molecular complexity index is 680. The first-order valence-electron chi connectivity index (χ1n) is 9.49. The molecular formula is C20H32Cl2N4O. The van der Waals surface area contributed by atoms with Crippen LogP contribution in [0, 0.1) is 17.8 Å². The highest BCUT2D eigenvalue weighted by Crippen LogP contribution is 2.25. The zero-order chi connectivity index (χ0) is 17.8. The van der Waals surface area contributed by atoms with E-state index >= 15 is 0 Å². The van der Waals surface area contributed by atoms with Crippen molar-refractivity contribution < 1.29 is 4.79 Å². The summed E-state index contributed by atoms with van der Waals surface area (Å²) in [5.74, 6) is 2.24. The highest BCUT2D eigenvalue weighted by atomic mass is 35.5. The SMILES string of the molecule is CC(C)C(NC(=O)CC(C)C1CCCNC1)c1nc2ccccc2[nH]1.Cl.Cl. The van der Waals surface area contributed by atoms with Crippen molar-refractivity contribution in [3.05, 3.63) is 30.1 Å². The Morgan fingerprint density at radius 2 is 2.00 bits per heavy atom. The van der Waals surface area contributed by atoms with E-state index in [9.17, 15) is 4.79 Å². The molecule has 0 spiro atoms. The van der Waals surface area contributed by atoms with Crippen LogP contribution in [0.15, 0.2) is 24.3 Å². The number of H-pyrrole nitrogens is 1. The Hall–Kier alpha value is -1.30. The first-order chi connectivity index (χ1) is 12.0. The third kappa shape index (κ3) is 6.09. The van der Waals surface area contributed by atoms with Crippen molar-refractivity contribution in [3.8, 4) is 0 Å². The largest absolute Gasteiger partial charge is 0.346 e. The van der Waals surface area contributed by atoms with Gasteiger partial charge in [0.2, 0.25) is 5.91 Å². The normalized spacial score (nSPS) is 19.0. The molecule has 0 saturated carbocycles. The second-order valence-electron chi connectivity index (χ2n) is 7.72. The minimum Gasteiger partial charge on any atom is -0.346 e. The molecule has 3 unspecified atom stereocenters. The Balaban J connectivity index is 0.00000182. The molecule has 1 aromatic heterocycles. The van der Waals surface area contributed by atoms with Gasteiger partial charge in [0, 0.05) is 6.42 Å². The predicted octanol–water partition coefficient (Wildman–Crippen LogP) is 4.25. The van der Waals surface area contributed by atoms with Gasteiger partial charge in [0.05, 0.1) is 17.1 Å². The fraction of sp³-hybridized carbons (Fsp3) is 0.600. The van der Waals surface area contributed by atoms with Crippen LogP contribution in [-0.4, -0.2) is 29.0 Å². The number of aromatic nitrogens is 2. The van der Waals surface area contributed by atoms with E-state index in [1.807, 2.05) is 24.3 Å². The monoisotopic (exact) mass is 414 g/mol. The molecule has 1 saturated heterocycles. The fourth-order valence-corrected chi connectivity index (χ4v) is 3.73. The third-order valence-corrected chi connectivity index (χ3v) is 5.33. The molecule has 0 radical (unpaired) electrons. The lowest BCUT2D eigenvalue weighted by molar-refractivity contribution is -0.123. The summed E-state index contributed by atoms with van der Waals surface area (Å²) in [5.41, 5.74) is 1.96. The molecule has 0 aliphatic carbocycles. The third-order valence-electron chi connectivity index (χ3n) is 5.33. The minimum atomic E-state index is -0.0865. The van der Waals surface area contributed by atoms with Gasteiger partial charge in [0.1, 0.15) is 5.82 Å². The smallest absolute Gasteiger partial charge is 0.220 e. The van der Waals surface area contributed by atoms with Crippen molar-refractivity contribution >= 4 is 41.8 Å². The Kier molecular flexibility index (Phi) is 9.57. The van der Waals surface area contributed by atoms with Gasteiger partial charge in [-0.3, -0.25) is 4.79 Å². The van der Waals surface area contributed by atoms with Crippen LogP contribution in [-0.2, 0) is 4.79 Å². The number of piperidine rings is 1. The number of aromatic amines is 1. The lowest BCUT2D eigenvalue weighted by atomic mass is 9.85. The van der Waals surface area contributed by atoms with Gasteiger partial charge in [-0.1, -0.05) is 32.9 Å². The van der Waals surface area contributed by atoms with Gasteiger partial charge in [0.25, 0.3) is 0 Å². The summed E-state index contributed by atoms with van der Waals surface area (Å²) in [5, 5.41) is 6.65. The van der Waals surface area contributed by atoms with Gasteiger partial charge in [0.15, 0.2) is 0 Å². The number of rotatable bonds is 6. The van der Waals surface area contributed by atoms with Crippen LogP contribution in [0.2, 0.25) is 0 Å². The van der Waals surface area contributed by atoms with Crippen molar-refractivity contribution in [2.45, 2.75) is 46.1 Å². The van der Waals surface area contributed by atoms with Crippen LogP contribution in [0.1, 0.15) is 51.9 Å². The number of imidazole rings is 1. The topological polar surface area (TPSA) is 69.8 Å². The maximum atomic E-state index is 12.6. The second kappa shape index (κ2) is 10.9. The molecule has 0 bridgehead atoms. The van der Waals surface area contributed by atoms with Crippen molar-refractivity contribution in [1.29, 1.82) is 0 Å². The van der Waals surface area contributed by atoms with E-state index in [0.29, 0.717) is 18.3 Å². The van der Waals surface area contributed by atoms with Crippen molar-refractivity contribution in [1.82, 2.24) is 20.6 Å². The average molecular weight is 415 g/mol. The molecule has 2 aromatic rings. The van der Waals surface area contributed by atoms with E-state index in [1.54, 1.807) is 0 Å². The molecule has 7 heteroatoms. The number of hydrogen-bond acceptors (Lipinski definition) is 3. The number of nitrogens with zero attached hydrogens (tertiary/aromatic N) is 1. The molecule has 1 aliphatic heterocycles. The van der Waals surface area contributed by atoms with Crippen LogP contribution in [0.25, 0.3) is 11.0 Å². The number of para-hydroxylation sites is 2. The lowest BCUT2D eigenvalue weighted by Gasteiger charge is -2.29. The molecule has 152 valence electrons. The maximum Gasteiger partial charge on any atom is 0.220 e. The van der Waals surface area contributed by atoms with E-state index in [-0.39, 0.29) is 42.7 Å². The minimum absolute atomic E-state index is 0. The summed E-state index contributed by atoms with van der Waals surface area (Å²) in [7, 11) is 0. The number of carbonyl (C=O) groups is 1. The first kappa shape index (κ1) is 23.7. The lowest BCUT2D eigenvalue weighted by Crippen LogP contribution is -2.37. The zero-order valence-electron chi connectivity index (χ0n) is 16.3. The van der Waals surface area contributed by atoms with Crippen LogP contribution < -0.4 is 10.6 Å². The van der Waals surface area contributed by atoms with Gasteiger partial charge < -0.3 is 15.6 Å². The summed E-state index contributed by atoms with van der Waals surface area (Å²) in [6.45, 7) is 8.57. The molecule has 1 aliphatic rings. The number of nitrogens with one attached hydrogen (secondary N) is 3. The Labute approximate surface area is 174 Å². The van der Waals surface area contributed by atoms with E-state index in [0.717, 1.165) is 29.9 Å². The van der Waals surface area contributed by atoms with Gasteiger partial charge >= 0.3 is 0 Å². The van der Waals surface area contributed by atoms with Crippen LogP contribution in [0.5, 0.6) is 0 Å². The predicted molar refractivity (Wildman–Crippen MR) is 116 cm³/mol.